The number of nitrogens with zero attached hydrogens (tertiary/aromatic N) is 1. The number of hydrogen-bond donors (Lipinski definition) is 1. The Hall–Kier alpha value is -0.0400. The molecule has 1 rings (SSSR count). The molecule has 3 nitrogen and oxygen atoms in total. The van der Waals surface area contributed by atoms with E-state index in [1.54, 1.807) is 0 Å². The Balaban J connectivity index is 0.00000169. The van der Waals surface area contributed by atoms with Gasteiger partial charge in [0.05, 0.1) is 6.61 Å². The lowest BCUT2D eigenvalue weighted by atomic mass is 10.4. The van der Waals surface area contributed by atoms with Crippen LogP contribution in [0.1, 0.15) is 0 Å². The van der Waals surface area contributed by atoms with Crippen LogP contribution >= 0.6 is 12.4 Å². The Labute approximate surface area is 87.0 Å². The van der Waals surface area contributed by atoms with Gasteiger partial charge in [-0.05, 0) is 0 Å². The lowest BCUT2D eigenvalue weighted by molar-refractivity contribution is -0.325. The molecule has 1 heterocycles. The van der Waals surface area contributed by atoms with Crippen LogP contribution in [0.3, 0.4) is 0 Å². The minimum absolute atomic E-state index is 0. The number of piperazine rings is 1. The summed E-state index contributed by atoms with van der Waals surface area (Å²) in [4.78, 5) is 1.95. The van der Waals surface area contributed by atoms with Gasteiger partial charge >= 0.3 is 6.36 Å². The first kappa shape index (κ1) is 14.0. The summed E-state index contributed by atoms with van der Waals surface area (Å²) >= 11 is 0. The van der Waals surface area contributed by atoms with E-state index < -0.39 is 6.36 Å². The molecule has 0 aromatic rings. The topological polar surface area (TPSA) is 24.5 Å². The summed E-state index contributed by atoms with van der Waals surface area (Å²) in [7, 11) is 0. The van der Waals surface area contributed by atoms with E-state index in [1.165, 1.54) is 0 Å². The summed E-state index contributed by atoms with van der Waals surface area (Å²) < 4.78 is 38.3. The van der Waals surface area contributed by atoms with Crippen molar-refractivity contribution < 1.29 is 17.9 Å². The third-order valence-corrected chi connectivity index (χ3v) is 1.88. The zero-order valence-corrected chi connectivity index (χ0v) is 8.46. The van der Waals surface area contributed by atoms with Crippen molar-refractivity contribution in [1.82, 2.24) is 10.2 Å². The number of nitrogens with one attached hydrogen (secondary N) is 1. The van der Waals surface area contributed by atoms with Crippen LogP contribution in [0.2, 0.25) is 0 Å². The third-order valence-electron chi connectivity index (χ3n) is 1.88. The fourth-order valence-electron chi connectivity index (χ4n) is 1.23. The molecule has 1 N–H and O–H groups in total. The van der Waals surface area contributed by atoms with Gasteiger partial charge in [0.2, 0.25) is 0 Å². The fourth-order valence-corrected chi connectivity index (χ4v) is 1.23. The monoisotopic (exact) mass is 234 g/mol. The highest BCUT2D eigenvalue weighted by Crippen LogP contribution is 2.15. The zero-order chi connectivity index (χ0) is 9.73. The first-order valence-corrected chi connectivity index (χ1v) is 4.22. The van der Waals surface area contributed by atoms with E-state index in [2.05, 4.69) is 10.1 Å². The highest BCUT2D eigenvalue weighted by Gasteiger charge is 2.28. The predicted molar refractivity (Wildman–Crippen MR) is 48.6 cm³/mol. The van der Waals surface area contributed by atoms with Gasteiger partial charge in [-0.15, -0.1) is 25.6 Å². The second-order valence-corrected chi connectivity index (χ2v) is 2.89. The van der Waals surface area contributed by atoms with Gasteiger partial charge in [-0.3, -0.25) is 9.64 Å². The first-order chi connectivity index (χ1) is 6.08. The molecule has 0 bridgehead atoms. The maximum Gasteiger partial charge on any atom is 0.522 e. The molecule has 0 unspecified atom stereocenters. The molecule has 1 fully saturated rings. The predicted octanol–water partition coefficient (Wildman–Crippen LogP) is 0.850. The summed E-state index contributed by atoms with van der Waals surface area (Å²) in [5.74, 6) is 0. The molecule has 0 saturated carbocycles. The molecule has 0 amide bonds. The van der Waals surface area contributed by atoms with Crippen LogP contribution in [-0.2, 0) is 4.74 Å². The summed E-state index contributed by atoms with van der Waals surface area (Å²) in [5.41, 5.74) is 0. The molecular weight excluding hydrogens is 221 g/mol. The van der Waals surface area contributed by atoms with Crippen molar-refractivity contribution in [2.24, 2.45) is 0 Å². The Bertz CT molecular complexity index is 150. The number of alkyl halides is 3. The molecule has 0 radical (unpaired) electrons. The van der Waals surface area contributed by atoms with Crippen LogP contribution in [-0.4, -0.2) is 50.6 Å². The summed E-state index contributed by atoms with van der Waals surface area (Å²) in [6, 6.07) is 0. The van der Waals surface area contributed by atoms with E-state index in [9.17, 15) is 13.2 Å². The Morgan fingerprint density at radius 3 is 2.29 bits per heavy atom. The maximum atomic E-state index is 11.6. The minimum atomic E-state index is -4.49. The Morgan fingerprint density at radius 1 is 1.21 bits per heavy atom. The second-order valence-electron chi connectivity index (χ2n) is 2.89. The number of rotatable bonds is 3. The van der Waals surface area contributed by atoms with E-state index in [0.29, 0.717) is 6.54 Å². The van der Waals surface area contributed by atoms with Gasteiger partial charge in [-0.25, -0.2) is 0 Å². The molecule has 0 aromatic carbocycles. The van der Waals surface area contributed by atoms with E-state index in [4.69, 9.17) is 0 Å². The van der Waals surface area contributed by atoms with Crippen molar-refractivity contribution in [2.45, 2.75) is 6.36 Å². The SMILES string of the molecule is Cl.FC(F)(F)OCCN1CCNCC1. The van der Waals surface area contributed by atoms with Crippen molar-refractivity contribution in [2.75, 3.05) is 39.3 Å². The lowest BCUT2D eigenvalue weighted by Crippen LogP contribution is -2.44. The normalized spacial score (nSPS) is 19.1. The van der Waals surface area contributed by atoms with Crippen molar-refractivity contribution in [3.63, 3.8) is 0 Å². The molecule has 14 heavy (non-hydrogen) atoms. The molecule has 1 saturated heterocycles. The first-order valence-electron chi connectivity index (χ1n) is 4.22. The fraction of sp³-hybridized carbons (Fsp3) is 1.00. The van der Waals surface area contributed by atoms with Crippen molar-refractivity contribution >= 4 is 12.4 Å². The van der Waals surface area contributed by atoms with E-state index in [-0.39, 0.29) is 19.0 Å². The molecule has 0 atom stereocenters. The quantitative estimate of drug-likeness (QED) is 0.784. The van der Waals surface area contributed by atoms with Crippen LogP contribution in [0.5, 0.6) is 0 Å². The smallest absolute Gasteiger partial charge is 0.314 e. The van der Waals surface area contributed by atoms with Crippen molar-refractivity contribution in [3.05, 3.63) is 0 Å². The summed E-state index contributed by atoms with van der Waals surface area (Å²) in [6.45, 7) is 3.34. The number of halogens is 4. The molecule has 0 spiro atoms. The van der Waals surface area contributed by atoms with Gasteiger partial charge in [-0.1, -0.05) is 0 Å². The highest BCUT2D eigenvalue weighted by atomic mass is 35.5. The van der Waals surface area contributed by atoms with Crippen LogP contribution in [0.25, 0.3) is 0 Å². The van der Waals surface area contributed by atoms with E-state index in [1.807, 2.05) is 4.90 Å². The third kappa shape index (κ3) is 6.42. The minimum Gasteiger partial charge on any atom is -0.314 e. The summed E-state index contributed by atoms with van der Waals surface area (Å²) in [5, 5.41) is 3.12. The molecule has 0 aliphatic carbocycles. The highest BCUT2D eigenvalue weighted by molar-refractivity contribution is 5.85. The number of hydrogen-bond acceptors (Lipinski definition) is 3. The molecular formula is C7H14ClF3N2O. The molecule has 7 heteroatoms. The molecule has 1 aliphatic rings. The van der Waals surface area contributed by atoms with Crippen LogP contribution in [0.4, 0.5) is 13.2 Å². The van der Waals surface area contributed by atoms with E-state index in [0.717, 1.165) is 26.2 Å². The summed E-state index contributed by atoms with van der Waals surface area (Å²) in [6.07, 6.45) is -4.49. The zero-order valence-electron chi connectivity index (χ0n) is 7.64. The molecule has 86 valence electrons. The van der Waals surface area contributed by atoms with Crippen molar-refractivity contribution in [3.8, 4) is 0 Å². The molecule has 1 aliphatic heterocycles. The largest absolute Gasteiger partial charge is 0.522 e. The Kier molecular flexibility index (Phi) is 6.43. The lowest BCUT2D eigenvalue weighted by Gasteiger charge is -2.26. The Morgan fingerprint density at radius 2 is 1.79 bits per heavy atom. The van der Waals surface area contributed by atoms with Crippen LogP contribution < -0.4 is 5.32 Å². The van der Waals surface area contributed by atoms with Gasteiger partial charge in [0.25, 0.3) is 0 Å². The standard InChI is InChI=1S/C7H13F3N2O.ClH/c8-7(9,10)13-6-5-12-3-1-11-2-4-12;/h11H,1-6H2;1H. The average molecular weight is 235 g/mol. The van der Waals surface area contributed by atoms with Crippen LogP contribution in [0, 0.1) is 0 Å². The van der Waals surface area contributed by atoms with Gasteiger partial charge in [0.1, 0.15) is 0 Å². The van der Waals surface area contributed by atoms with Gasteiger partial charge < -0.3 is 5.32 Å². The van der Waals surface area contributed by atoms with Crippen molar-refractivity contribution in [1.29, 1.82) is 0 Å². The second kappa shape index (κ2) is 6.44. The van der Waals surface area contributed by atoms with Gasteiger partial charge in [0, 0.05) is 32.7 Å². The molecule has 0 aromatic heterocycles. The van der Waals surface area contributed by atoms with Gasteiger partial charge in [0.15, 0.2) is 0 Å². The van der Waals surface area contributed by atoms with Crippen LogP contribution in [0.15, 0.2) is 0 Å². The van der Waals surface area contributed by atoms with E-state index >= 15 is 0 Å². The maximum absolute atomic E-state index is 11.6. The van der Waals surface area contributed by atoms with Gasteiger partial charge in [-0.2, -0.15) is 0 Å². The average Bonchev–Trinajstić information content (AvgIpc) is 2.04. The number of ether oxygens (including phenoxy) is 1.